The van der Waals surface area contributed by atoms with Gasteiger partial charge >= 0.3 is 5.97 Å². The van der Waals surface area contributed by atoms with Crippen LogP contribution in [0.4, 0.5) is 4.39 Å². The molecule has 10 heteroatoms. The van der Waals surface area contributed by atoms with Crippen molar-refractivity contribution in [2.24, 2.45) is 0 Å². The van der Waals surface area contributed by atoms with Crippen LogP contribution in [0.5, 0.6) is 5.75 Å². The lowest BCUT2D eigenvalue weighted by Gasteiger charge is -2.18. The molecule has 0 atom stereocenters. The summed E-state index contributed by atoms with van der Waals surface area (Å²) in [6.45, 7) is 3.63. The Kier molecular flexibility index (Phi) is 7.53. The van der Waals surface area contributed by atoms with E-state index in [4.69, 9.17) is 14.5 Å². The predicted molar refractivity (Wildman–Crippen MR) is 140 cm³/mol. The minimum atomic E-state index is -1.19. The number of amides is 2. The molecule has 1 aliphatic carbocycles. The van der Waals surface area contributed by atoms with Gasteiger partial charge in [0, 0.05) is 23.6 Å². The van der Waals surface area contributed by atoms with E-state index in [2.05, 4.69) is 12.0 Å². The third-order valence-corrected chi connectivity index (χ3v) is 6.60. The molecule has 0 saturated heterocycles. The zero-order chi connectivity index (χ0) is 27.5. The van der Waals surface area contributed by atoms with Crippen LogP contribution in [0.1, 0.15) is 65.6 Å². The summed E-state index contributed by atoms with van der Waals surface area (Å²) < 4.78 is 27.7. The molecule has 0 bridgehead atoms. The number of imide groups is 1. The van der Waals surface area contributed by atoms with Gasteiger partial charge in [-0.2, -0.15) is 9.49 Å². The number of carbonyl (C=O) groups excluding carboxylic acids is 3. The van der Waals surface area contributed by atoms with E-state index in [0.717, 1.165) is 42.1 Å². The fourth-order valence-corrected chi connectivity index (χ4v) is 4.46. The molecule has 202 valence electrons. The summed E-state index contributed by atoms with van der Waals surface area (Å²) in [4.78, 5) is 43.4. The minimum Gasteiger partial charge on any atom is -0.489 e. The van der Waals surface area contributed by atoms with Gasteiger partial charge in [0.15, 0.2) is 5.82 Å². The normalized spacial score (nSPS) is 15.3. The van der Waals surface area contributed by atoms with Gasteiger partial charge in [-0.15, -0.1) is 0 Å². The van der Waals surface area contributed by atoms with E-state index in [0.29, 0.717) is 17.5 Å². The molecule has 1 fully saturated rings. The number of esters is 1. The van der Waals surface area contributed by atoms with Crippen LogP contribution >= 0.6 is 0 Å². The van der Waals surface area contributed by atoms with Gasteiger partial charge in [0.2, 0.25) is 5.83 Å². The molecule has 3 aromatic rings. The number of rotatable bonds is 11. The SMILES string of the molecule is CCCn1nc(-c2ccc(OC/C(CN3C(=O)c4ccccc4C3=O)=C(/F)C(=O)OCC)cc2)nc1C1CC1. The highest BCUT2D eigenvalue weighted by molar-refractivity contribution is 6.21. The van der Waals surface area contributed by atoms with Crippen molar-refractivity contribution in [3.05, 3.63) is 76.9 Å². The molecule has 39 heavy (non-hydrogen) atoms. The molecule has 0 radical (unpaired) electrons. The number of ether oxygens (including phenoxy) is 2. The van der Waals surface area contributed by atoms with Gasteiger partial charge in [-0.25, -0.2) is 14.5 Å². The van der Waals surface area contributed by atoms with Gasteiger partial charge in [-0.1, -0.05) is 19.1 Å². The fraction of sp³-hybridized carbons (Fsp3) is 0.345. The average Bonchev–Trinajstić information content (AvgIpc) is 3.67. The molecule has 2 aromatic carbocycles. The standard InChI is InChI=1S/C29H29FN4O5/c1-3-15-34-26(19-9-10-19)31-25(32-34)18-11-13-21(14-12-18)39-17-20(24(30)29(37)38-4-2)16-33-27(35)22-7-5-6-8-23(22)28(33)36/h5-8,11-14,19H,3-4,9-10,15-17H2,1-2H3/b24-20+. The zero-order valence-electron chi connectivity index (χ0n) is 21.9. The third-order valence-electron chi connectivity index (χ3n) is 6.60. The van der Waals surface area contributed by atoms with Gasteiger partial charge in [-0.3, -0.25) is 14.5 Å². The van der Waals surface area contributed by atoms with E-state index in [-0.39, 0.29) is 29.9 Å². The molecule has 0 unspecified atom stereocenters. The molecule has 1 saturated carbocycles. The van der Waals surface area contributed by atoms with Crippen LogP contribution in [0, 0.1) is 0 Å². The summed E-state index contributed by atoms with van der Waals surface area (Å²) in [7, 11) is 0. The molecule has 0 N–H and O–H groups in total. The van der Waals surface area contributed by atoms with Crippen molar-refractivity contribution in [2.75, 3.05) is 19.8 Å². The van der Waals surface area contributed by atoms with Crippen LogP contribution in [0.15, 0.2) is 59.9 Å². The van der Waals surface area contributed by atoms with E-state index in [1.165, 1.54) is 12.1 Å². The molecule has 1 aliphatic heterocycles. The van der Waals surface area contributed by atoms with E-state index in [1.54, 1.807) is 31.2 Å². The maximum Gasteiger partial charge on any atom is 0.367 e. The number of aryl methyl sites for hydroxylation is 1. The van der Waals surface area contributed by atoms with Crippen LogP contribution in [0.2, 0.25) is 0 Å². The molecule has 1 aromatic heterocycles. The molecule has 2 heterocycles. The van der Waals surface area contributed by atoms with Crippen molar-refractivity contribution in [1.29, 1.82) is 0 Å². The van der Waals surface area contributed by atoms with Gasteiger partial charge in [-0.05, 0) is 62.6 Å². The molecule has 9 nitrogen and oxygen atoms in total. The molecular formula is C29H29FN4O5. The van der Waals surface area contributed by atoms with E-state index in [9.17, 15) is 14.4 Å². The number of benzene rings is 2. The van der Waals surface area contributed by atoms with Gasteiger partial charge in [0.25, 0.3) is 11.8 Å². The maximum absolute atomic E-state index is 15.1. The quantitative estimate of drug-likeness (QED) is 0.200. The number of carbonyl (C=O) groups is 3. The summed E-state index contributed by atoms with van der Waals surface area (Å²) in [5, 5.41) is 4.67. The van der Waals surface area contributed by atoms with E-state index in [1.807, 2.05) is 16.8 Å². The highest BCUT2D eigenvalue weighted by Gasteiger charge is 2.36. The third kappa shape index (κ3) is 5.45. The number of hydrogen-bond acceptors (Lipinski definition) is 7. The van der Waals surface area contributed by atoms with Crippen molar-refractivity contribution in [2.45, 2.75) is 45.6 Å². The smallest absolute Gasteiger partial charge is 0.367 e. The second-order valence-corrected chi connectivity index (χ2v) is 9.48. The van der Waals surface area contributed by atoms with Crippen LogP contribution in [0.25, 0.3) is 11.4 Å². The second-order valence-electron chi connectivity index (χ2n) is 9.48. The Hall–Kier alpha value is -4.34. The maximum atomic E-state index is 15.1. The lowest BCUT2D eigenvalue weighted by atomic mass is 10.1. The summed E-state index contributed by atoms with van der Waals surface area (Å²) in [5.74, 6) is -0.954. The lowest BCUT2D eigenvalue weighted by molar-refractivity contribution is -0.140. The second kappa shape index (κ2) is 11.2. The summed E-state index contributed by atoms with van der Waals surface area (Å²) in [5.41, 5.74) is 1.10. The summed E-state index contributed by atoms with van der Waals surface area (Å²) in [6.07, 6.45) is 3.23. The Labute approximate surface area is 225 Å². The Morgan fingerprint density at radius 2 is 1.69 bits per heavy atom. The number of hydrogen-bond donors (Lipinski definition) is 0. The number of nitrogens with zero attached hydrogens (tertiary/aromatic N) is 4. The van der Waals surface area contributed by atoms with Crippen LogP contribution < -0.4 is 4.74 Å². The van der Waals surface area contributed by atoms with Crippen LogP contribution in [-0.2, 0) is 16.1 Å². The number of fused-ring (bicyclic) bond motifs is 1. The zero-order valence-corrected chi connectivity index (χ0v) is 21.9. The van der Waals surface area contributed by atoms with Crippen molar-refractivity contribution < 1.29 is 28.2 Å². The highest BCUT2D eigenvalue weighted by Crippen LogP contribution is 2.39. The Balaban J connectivity index is 1.32. The summed E-state index contributed by atoms with van der Waals surface area (Å²) >= 11 is 0. The topological polar surface area (TPSA) is 104 Å². The summed E-state index contributed by atoms with van der Waals surface area (Å²) in [6, 6.07) is 13.4. The minimum absolute atomic E-state index is 0.0284. The molecule has 0 spiro atoms. The average molecular weight is 533 g/mol. The monoisotopic (exact) mass is 532 g/mol. The van der Waals surface area contributed by atoms with Crippen molar-refractivity contribution in [1.82, 2.24) is 19.7 Å². The first kappa shape index (κ1) is 26.3. The van der Waals surface area contributed by atoms with Gasteiger partial charge < -0.3 is 9.47 Å². The Morgan fingerprint density at radius 1 is 1.03 bits per heavy atom. The van der Waals surface area contributed by atoms with Crippen molar-refractivity contribution in [3.8, 4) is 17.1 Å². The molecule has 2 aliphatic rings. The first-order valence-corrected chi connectivity index (χ1v) is 13.1. The Morgan fingerprint density at radius 3 is 2.28 bits per heavy atom. The predicted octanol–water partition coefficient (Wildman–Crippen LogP) is 4.69. The van der Waals surface area contributed by atoms with Crippen molar-refractivity contribution in [3.63, 3.8) is 0 Å². The highest BCUT2D eigenvalue weighted by atomic mass is 19.1. The van der Waals surface area contributed by atoms with Gasteiger partial charge in [0.05, 0.1) is 24.3 Å². The number of aromatic nitrogens is 3. The van der Waals surface area contributed by atoms with E-state index < -0.39 is 30.2 Å². The first-order valence-electron chi connectivity index (χ1n) is 13.1. The molecule has 5 rings (SSSR count). The molecular weight excluding hydrogens is 503 g/mol. The van der Waals surface area contributed by atoms with E-state index >= 15 is 4.39 Å². The lowest BCUT2D eigenvalue weighted by Crippen LogP contribution is -2.33. The van der Waals surface area contributed by atoms with Crippen molar-refractivity contribution >= 4 is 17.8 Å². The largest absolute Gasteiger partial charge is 0.489 e. The molecule has 2 amide bonds. The number of halogens is 1. The fourth-order valence-electron chi connectivity index (χ4n) is 4.46. The first-order chi connectivity index (χ1) is 18.9. The van der Waals surface area contributed by atoms with Gasteiger partial charge in [0.1, 0.15) is 18.2 Å². The van der Waals surface area contributed by atoms with Crippen LogP contribution in [-0.4, -0.2) is 57.2 Å². The van der Waals surface area contributed by atoms with Crippen LogP contribution in [0.3, 0.4) is 0 Å². The Bertz CT molecular complexity index is 1410.